The van der Waals surface area contributed by atoms with Crippen molar-refractivity contribution in [1.82, 2.24) is 5.43 Å². The summed E-state index contributed by atoms with van der Waals surface area (Å²) in [7, 11) is 2.76. The molecule has 26 heavy (non-hydrogen) atoms. The molecule has 2 rings (SSSR count). The Labute approximate surface area is 158 Å². The molecule has 0 spiro atoms. The van der Waals surface area contributed by atoms with Crippen LogP contribution in [-0.2, 0) is 0 Å². The Kier molecular flexibility index (Phi) is 6.37. The minimum atomic E-state index is -0.596. The van der Waals surface area contributed by atoms with Gasteiger partial charge in [0.1, 0.15) is 0 Å². The van der Waals surface area contributed by atoms with Gasteiger partial charge in [0.2, 0.25) is 0 Å². The van der Waals surface area contributed by atoms with E-state index in [0.29, 0.717) is 5.02 Å². The number of amides is 1. The minimum Gasteiger partial charge on any atom is -0.493 e. The molecule has 0 aliphatic rings. The van der Waals surface area contributed by atoms with Gasteiger partial charge in [0.25, 0.3) is 11.6 Å². The Bertz CT molecular complexity index is 886. The molecule has 0 saturated carbocycles. The van der Waals surface area contributed by atoms with E-state index in [-0.39, 0.29) is 33.3 Å². The number of benzene rings is 2. The number of methoxy groups -OCH3 is 2. The smallest absolute Gasteiger partial charge is 0.282 e. The number of hydrazone groups is 1. The van der Waals surface area contributed by atoms with E-state index in [1.54, 1.807) is 0 Å². The molecule has 2 aromatic rings. The third-order valence-corrected chi connectivity index (χ3v) is 3.82. The maximum atomic E-state index is 12.1. The quantitative estimate of drug-likeness (QED) is 0.454. The first-order chi connectivity index (χ1) is 12.4. The summed E-state index contributed by atoms with van der Waals surface area (Å²) in [6.45, 7) is 0. The number of nitrogens with zero attached hydrogens (tertiary/aromatic N) is 2. The molecule has 0 saturated heterocycles. The summed E-state index contributed by atoms with van der Waals surface area (Å²) in [4.78, 5) is 22.7. The van der Waals surface area contributed by atoms with E-state index < -0.39 is 10.8 Å². The van der Waals surface area contributed by atoms with Gasteiger partial charge < -0.3 is 9.47 Å². The lowest BCUT2D eigenvalue weighted by molar-refractivity contribution is -0.385. The molecular weight excluding hydrogens is 385 g/mol. The molecule has 0 aliphatic carbocycles. The van der Waals surface area contributed by atoms with Crippen molar-refractivity contribution in [3.8, 4) is 11.5 Å². The summed E-state index contributed by atoms with van der Waals surface area (Å²) >= 11 is 11.7. The lowest BCUT2D eigenvalue weighted by Crippen LogP contribution is -2.18. The second kappa shape index (κ2) is 8.50. The lowest BCUT2D eigenvalue weighted by Gasteiger charge is -2.08. The van der Waals surface area contributed by atoms with Crippen LogP contribution in [0.2, 0.25) is 10.0 Å². The predicted molar refractivity (Wildman–Crippen MR) is 97.7 cm³/mol. The van der Waals surface area contributed by atoms with Gasteiger partial charge in [0.05, 0.1) is 47.6 Å². The summed E-state index contributed by atoms with van der Waals surface area (Å²) in [5.41, 5.74) is 2.27. The highest BCUT2D eigenvalue weighted by Crippen LogP contribution is 2.33. The van der Waals surface area contributed by atoms with Crippen molar-refractivity contribution in [2.75, 3.05) is 14.2 Å². The summed E-state index contributed by atoms with van der Waals surface area (Å²) in [5, 5.41) is 15.5. The SMILES string of the molecule is COc1cc(/C=N/NC(=O)c2ccc(Cl)cc2Cl)c([N+](=O)[O-])cc1OC. The fraction of sp³-hybridized carbons (Fsp3) is 0.125. The number of nitro groups is 1. The van der Waals surface area contributed by atoms with Crippen molar-refractivity contribution in [2.24, 2.45) is 5.10 Å². The van der Waals surface area contributed by atoms with Crippen LogP contribution in [-0.4, -0.2) is 31.3 Å². The number of halogens is 2. The molecule has 1 amide bonds. The fourth-order valence-corrected chi connectivity index (χ4v) is 2.53. The van der Waals surface area contributed by atoms with E-state index in [0.717, 1.165) is 6.21 Å². The lowest BCUT2D eigenvalue weighted by atomic mass is 10.1. The highest BCUT2D eigenvalue weighted by molar-refractivity contribution is 6.36. The topological polar surface area (TPSA) is 103 Å². The van der Waals surface area contributed by atoms with Gasteiger partial charge in [-0.25, -0.2) is 5.43 Å². The van der Waals surface area contributed by atoms with Crippen LogP contribution >= 0.6 is 23.2 Å². The third-order valence-electron chi connectivity index (χ3n) is 3.28. The first kappa shape index (κ1) is 19.5. The van der Waals surface area contributed by atoms with Crippen LogP contribution in [0.15, 0.2) is 35.4 Å². The van der Waals surface area contributed by atoms with E-state index in [9.17, 15) is 14.9 Å². The Hall–Kier alpha value is -2.84. The monoisotopic (exact) mass is 397 g/mol. The molecule has 10 heteroatoms. The van der Waals surface area contributed by atoms with Crippen molar-refractivity contribution in [2.45, 2.75) is 0 Å². The zero-order valence-electron chi connectivity index (χ0n) is 13.7. The molecule has 0 unspecified atom stereocenters. The number of carbonyl (C=O) groups excluding carboxylic acids is 1. The van der Waals surface area contributed by atoms with Gasteiger partial charge in [-0.3, -0.25) is 14.9 Å². The molecule has 0 fully saturated rings. The minimum absolute atomic E-state index is 0.121. The van der Waals surface area contributed by atoms with Gasteiger partial charge in [-0.1, -0.05) is 23.2 Å². The number of nitro benzene ring substituents is 1. The summed E-state index contributed by atoms with van der Waals surface area (Å²) in [6, 6.07) is 6.94. The standard InChI is InChI=1S/C16H13Cl2N3O5/c1-25-14-5-9(13(21(23)24)7-15(14)26-2)8-19-20-16(22)11-4-3-10(17)6-12(11)18/h3-8H,1-2H3,(H,20,22)/b19-8+. The van der Waals surface area contributed by atoms with Crippen molar-refractivity contribution < 1.29 is 19.2 Å². The Morgan fingerprint density at radius 3 is 2.42 bits per heavy atom. The largest absolute Gasteiger partial charge is 0.493 e. The Morgan fingerprint density at radius 1 is 1.19 bits per heavy atom. The molecule has 0 heterocycles. The summed E-state index contributed by atoms with van der Waals surface area (Å²) < 4.78 is 10.1. The fourth-order valence-electron chi connectivity index (χ4n) is 2.04. The second-order valence-corrected chi connectivity index (χ2v) is 5.69. The first-order valence-corrected chi connectivity index (χ1v) is 7.81. The van der Waals surface area contributed by atoms with Crippen LogP contribution in [0.3, 0.4) is 0 Å². The summed E-state index contributed by atoms with van der Waals surface area (Å²) in [5.74, 6) is -0.106. The highest BCUT2D eigenvalue weighted by Gasteiger charge is 2.18. The molecule has 1 N–H and O–H groups in total. The average Bonchev–Trinajstić information content (AvgIpc) is 2.60. The zero-order valence-corrected chi connectivity index (χ0v) is 15.2. The van der Waals surface area contributed by atoms with Crippen LogP contribution in [0.25, 0.3) is 0 Å². The van der Waals surface area contributed by atoms with Crippen LogP contribution in [0.5, 0.6) is 11.5 Å². The molecular formula is C16H13Cl2N3O5. The van der Waals surface area contributed by atoms with E-state index in [1.165, 1.54) is 44.6 Å². The Morgan fingerprint density at radius 2 is 1.85 bits per heavy atom. The molecule has 0 aromatic heterocycles. The second-order valence-electron chi connectivity index (χ2n) is 4.85. The number of carbonyl (C=O) groups is 1. The zero-order chi connectivity index (χ0) is 19.3. The molecule has 0 radical (unpaired) electrons. The van der Waals surface area contributed by atoms with Crippen LogP contribution in [0.1, 0.15) is 15.9 Å². The van der Waals surface area contributed by atoms with E-state index in [2.05, 4.69) is 10.5 Å². The Balaban J connectivity index is 2.26. The van der Waals surface area contributed by atoms with Gasteiger partial charge in [0, 0.05) is 5.02 Å². The predicted octanol–water partition coefficient (Wildman–Crippen LogP) is 3.68. The maximum Gasteiger partial charge on any atom is 0.282 e. The number of rotatable bonds is 6. The number of ether oxygens (including phenoxy) is 2. The van der Waals surface area contributed by atoms with E-state index >= 15 is 0 Å². The first-order valence-electron chi connectivity index (χ1n) is 7.06. The average molecular weight is 398 g/mol. The van der Waals surface area contributed by atoms with Gasteiger partial charge in [0.15, 0.2) is 11.5 Å². The van der Waals surface area contributed by atoms with E-state index in [4.69, 9.17) is 32.7 Å². The van der Waals surface area contributed by atoms with Crippen LogP contribution in [0.4, 0.5) is 5.69 Å². The van der Waals surface area contributed by atoms with Crippen molar-refractivity contribution >= 4 is 41.0 Å². The molecule has 136 valence electrons. The summed E-state index contributed by atoms with van der Waals surface area (Å²) in [6.07, 6.45) is 1.13. The van der Waals surface area contributed by atoms with Gasteiger partial charge >= 0.3 is 0 Å². The van der Waals surface area contributed by atoms with Gasteiger partial charge in [-0.05, 0) is 24.3 Å². The van der Waals surface area contributed by atoms with Gasteiger partial charge in [-0.15, -0.1) is 0 Å². The number of nitrogens with one attached hydrogen (secondary N) is 1. The molecule has 0 atom stereocenters. The molecule has 0 aliphatic heterocycles. The van der Waals surface area contributed by atoms with Gasteiger partial charge in [-0.2, -0.15) is 5.10 Å². The highest BCUT2D eigenvalue weighted by atomic mass is 35.5. The van der Waals surface area contributed by atoms with Crippen molar-refractivity contribution in [1.29, 1.82) is 0 Å². The molecule has 2 aromatic carbocycles. The van der Waals surface area contributed by atoms with Crippen LogP contribution < -0.4 is 14.9 Å². The maximum absolute atomic E-state index is 12.1. The molecule has 0 bridgehead atoms. The van der Waals surface area contributed by atoms with E-state index in [1.807, 2.05) is 0 Å². The van der Waals surface area contributed by atoms with Crippen molar-refractivity contribution in [3.63, 3.8) is 0 Å². The molecule has 8 nitrogen and oxygen atoms in total. The van der Waals surface area contributed by atoms with Crippen molar-refractivity contribution in [3.05, 3.63) is 61.6 Å². The normalized spacial score (nSPS) is 10.6. The van der Waals surface area contributed by atoms with Crippen LogP contribution in [0, 0.1) is 10.1 Å². The third kappa shape index (κ3) is 4.41. The number of hydrogen-bond acceptors (Lipinski definition) is 6. The number of hydrogen-bond donors (Lipinski definition) is 1.